The molecule has 1 aromatic rings. The van der Waals surface area contributed by atoms with Crippen LogP contribution in [0, 0.1) is 0 Å². The number of hydrogen-bond acceptors (Lipinski definition) is 5. The number of β-lactam (4-membered cyclic amide) rings is 1. The van der Waals surface area contributed by atoms with Crippen LogP contribution in [0.4, 0.5) is 0 Å². The maximum Gasteiger partial charge on any atom is 0.255 e. The van der Waals surface area contributed by atoms with Crippen molar-refractivity contribution in [1.29, 1.82) is 0 Å². The van der Waals surface area contributed by atoms with Crippen LogP contribution in [0.5, 0.6) is 0 Å². The van der Waals surface area contributed by atoms with Crippen LogP contribution in [-0.4, -0.2) is 48.7 Å². The Morgan fingerprint density at radius 3 is 2.73 bits per heavy atom. The predicted octanol–water partition coefficient (Wildman–Crippen LogP) is 1.43. The van der Waals surface area contributed by atoms with Gasteiger partial charge < -0.3 is 9.69 Å². The minimum atomic E-state index is -1.33. The Bertz CT molecular complexity index is 700. The highest BCUT2D eigenvalue weighted by Crippen LogP contribution is 2.54. The average Bonchev–Trinajstić information content (AvgIpc) is 2.72. The number of aldehydes is 1. The zero-order valence-corrected chi connectivity index (χ0v) is 14.1. The Balaban J connectivity index is 2.10. The van der Waals surface area contributed by atoms with Gasteiger partial charge in [-0.25, -0.2) is 0 Å². The molecule has 1 aromatic heterocycles. The van der Waals surface area contributed by atoms with Crippen molar-refractivity contribution in [3.63, 3.8) is 0 Å². The van der Waals surface area contributed by atoms with Crippen LogP contribution < -0.4 is 0 Å². The van der Waals surface area contributed by atoms with Gasteiger partial charge in [0.2, 0.25) is 0 Å². The molecule has 2 aliphatic rings. The molecule has 1 amide bonds. The SMILES string of the molecule is CS(=O)/C(=C1\C(=O)N2C1SC(C)(C)[C@@H]2C=O)c1ccccn1. The summed E-state index contributed by atoms with van der Waals surface area (Å²) < 4.78 is 11.8. The quantitative estimate of drug-likeness (QED) is 0.475. The summed E-state index contributed by atoms with van der Waals surface area (Å²) in [4.78, 5) is 30.2. The second-order valence-electron chi connectivity index (χ2n) is 5.78. The van der Waals surface area contributed by atoms with E-state index in [2.05, 4.69) is 4.98 Å². The molecule has 0 aromatic carbocycles. The summed E-state index contributed by atoms with van der Waals surface area (Å²) in [6.07, 6.45) is 3.99. The first-order valence-corrected chi connectivity index (χ1v) is 9.27. The lowest BCUT2D eigenvalue weighted by atomic mass is 9.96. The van der Waals surface area contributed by atoms with Crippen molar-refractivity contribution in [2.45, 2.75) is 30.0 Å². The first-order chi connectivity index (χ1) is 10.4. The van der Waals surface area contributed by atoms with Crippen molar-refractivity contribution in [2.24, 2.45) is 0 Å². The van der Waals surface area contributed by atoms with Gasteiger partial charge in [0, 0.05) is 17.2 Å². The van der Waals surface area contributed by atoms with E-state index < -0.39 is 16.8 Å². The number of amides is 1. The molecule has 5 nitrogen and oxygen atoms in total. The molecule has 0 aliphatic carbocycles. The molecule has 0 spiro atoms. The Kier molecular flexibility index (Phi) is 3.72. The van der Waals surface area contributed by atoms with E-state index in [4.69, 9.17) is 0 Å². The van der Waals surface area contributed by atoms with Gasteiger partial charge in [-0.05, 0) is 26.0 Å². The molecule has 22 heavy (non-hydrogen) atoms. The van der Waals surface area contributed by atoms with Gasteiger partial charge >= 0.3 is 0 Å². The minimum absolute atomic E-state index is 0.212. The number of carbonyl (C=O) groups is 2. The first-order valence-electron chi connectivity index (χ1n) is 6.83. The van der Waals surface area contributed by atoms with E-state index in [0.717, 1.165) is 6.29 Å². The highest BCUT2D eigenvalue weighted by atomic mass is 32.2. The van der Waals surface area contributed by atoms with Crippen LogP contribution >= 0.6 is 11.8 Å². The summed E-state index contributed by atoms with van der Waals surface area (Å²) in [5.74, 6) is -0.212. The van der Waals surface area contributed by atoms with E-state index in [1.54, 1.807) is 47.3 Å². The Labute approximate surface area is 135 Å². The van der Waals surface area contributed by atoms with Crippen LogP contribution in [0.2, 0.25) is 0 Å². The second kappa shape index (κ2) is 5.31. The van der Waals surface area contributed by atoms with Gasteiger partial charge in [0.15, 0.2) is 0 Å². The number of rotatable bonds is 3. The molecule has 3 heterocycles. The van der Waals surface area contributed by atoms with E-state index in [0.29, 0.717) is 16.2 Å². The lowest BCUT2D eigenvalue weighted by Crippen LogP contribution is -2.56. The lowest BCUT2D eigenvalue weighted by molar-refractivity contribution is -0.139. The Morgan fingerprint density at radius 2 is 2.18 bits per heavy atom. The fourth-order valence-corrected chi connectivity index (χ4v) is 5.44. The van der Waals surface area contributed by atoms with Gasteiger partial charge in [-0.3, -0.25) is 14.0 Å². The number of aromatic nitrogens is 1. The molecule has 3 rings (SSSR count). The van der Waals surface area contributed by atoms with Crippen molar-refractivity contribution in [3.05, 3.63) is 35.7 Å². The van der Waals surface area contributed by atoms with Crippen molar-refractivity contribution in [3.8, 4) is 0 Å². The maximum absolute atomic E-state index is 12.6. The molecule has 2 unspecified atom stereocenters. The summed E-state index contributed by atoms with van der Waals surface area (Å²) in [5, 5.41) is -0.224. The third-order valence-electron chi connectivity index (χ3n) is 3.95. The molecular weight excluding hydrogens is 320 g/mol. The number of nitrogens with zero attached hydrogens (tertiary/aromatic N) is 2. The minimum Gasteiger partial charge on any atom is -0.311 e. The van der Waals surface area contributed by atoms with Crippen molar-refractivity contribution >= 4 is 39.7 Å². The second-order valence-corrected chi connectivity index (χ2v) is 8.83. The smallest absolute Gasteiger partial charge is 0.255 e. The molecule has 0 N–H and O–H groups in total. The molecule has 3 atom stereocenters. The fraction of sp³-hybridized carbons (Fsp3) is 0.400. The average molecular weight is 336 g/mol. The summed E-state index contributed by atoms with van der Waals surface area (Å²) in [5.41, 5.74) is 1.07. The summed E-state index contributed by atoms with van der Waals surface area (Å²) in [6, 6.07) is 4.88. The molecule has 0 saturated carbocycles. The third-order valence-corrected chi connectivity index (χ3v) is 6.49. The van der Waals surface area contributed by atoms with Crippen LogP contribution in [0.3, 0.4) is 0 Å². The monoisotopic (exact) mass is 336 g/mol. The molecule has 116 valence electrons. The number of thioether (sulfide) groups is 1. The summed E-state index contributed by atoms with van der Waals surface area (Å²) in [7, 11) is -1.33. The highest BCUT2D eigenvalue weighted by molar-refractivity contribution is 8.02. The van der Waals surface area contributed by atoms with Crippen molar-refractivity contribution in [2.75, 3.05) is 6.26 Å². The molecule has 0 radical (unpaired) electrons. The number of hydrogen-bond donors (Lipinski definition) is 0. The molecule has 2 aliphatic heterocycles. The topological polar surface area (TPSA) is 67.3 Å². The first kappa shape index (κ1) is 15.4. The van der Waals surface area contributed by atoms with Crippen molar-refractivity contribution in [1.82, 2.24) is 9.88 Å². The van der Waals surface area contributed by atoms with Gasteiger partial charge in [0.05, 0.1) is 27.0 Å². The summed E-state index contributed by atoms with van der Waals surface area (Å²) >= 11 is 1.56. The third kappa shape index (κ3) is 2.14. The molecule has 2 saturated heterocycles. The van der Waals surface area contributed by atoms with Gasteiger partial charge in [0.25, 0.3) is 5.91 Å². The number of fused-ring (bicyclic) bond motifs is 1. The van der Waals surface area contributed by atoms with Crippen LogP contribution in [0.25, 0.3) is 4.91 Å². The van der Waals surface area contributed by atoms with Gasteiger partial charge in [-0.2, -0.15) is 0 Å². The lowest BCUT2D eigenvalue weighted by Gasteiger charge is -2.39. The zero-order valence-electron chi connectivity index (χ0n) is 12.5. The molecule has 0 bridgehead atoms. The summed E-state index contributed by atoms with van der Waals surface area (Å²) in [6.45, 7) is 3.90. The predicted molar refractivity (Wildman–Crippen MR) is 87.4 cm³/mol. The molecule has 7 heteroatoms. The van der Waals surface area contributed by atoms with E-state index in [-0.39, 0.29) is 16.0 Å². The standard InChI is InChI=1S/C15H16N2O3S2/c1-15(2)10(8-18)17-13(19)11(14(17)21-15)12(22(3)20)9-6-4-5-7-16-9/h4-8,10,14H,1-3H3/b12-11+/t10-,14?,22?/m0/s1. The van der Waals surface area contributed by atoms with Gasteiger partial charge in [-0.1, -0.05) is 6.07 Å². The Hall–Kier alpha value is -1.47. The van der Waals surface area contributed by atoms with Gasteiger partial charge in [0.1, 0.15) is 17.7 Å². The van der Waals surface area contributed by atoms with Crippen LogP contribution in [-0.2, 0) is 20.4 Å². The number of pyridine rings is 1. The highest BCUT2D eigenvalue weighted by Gasteiger charge is 2.59. The van der Waals surface area contributed by atoms with E-state index in [9.17, 15) is 13.8 Å². The zero-order chi connectivity index (χ0) is 16.1. The Morgan fingerprint density at radius 1 is 1.45 bits per heavy atom. The fourth-order valence-electron chi connectivity index (χ4n) is 2.88. The van der Waals surface area contributed by atoms with Crippen LogP contribution in [0.15, 0.2) is 30.0 Å². The normalized spacial score (nSPS) is 29.6. The number of carbonyl (C=O) groups excluding carboxylic acids is 2. The maximum atomic E-state index is 12.6. The molecule has 2 fully saturated rings. The molecular formula is C15H16N2O3S2. The van der Waals surface area contributed by atoms with Gasteiger partial charge in [-0.15, -0.1) is 11.8 Å². The largest absolute Gasteiger partial charge is 0.311 e. The van der Waals surface area contributed by atoms with E-state index in [1.807, 2.05) is 13.8 Å². The van der Waals surface area contributed by atoms with Crippen molar-refractivity contribution < 1.29 is 13.8 Å². The van der Waals surface area contributed by atoms with Crippen LogP contribution in [0.1, 0.15) is 19.5 Å². The van der Waals surface area contributed by atoms with E-state index >= 15 is 0 Å². The van der Waals surface area contributed by atoms with E-state index in [1.165, 1.54) is 0 Å².